The van der Waals surface area contributed by atoms with Gasteiger partial charge in [0.1, 0.15) is 11.6 Å². The number of benzene rings is 1. The smallest absolute Gasteiger partial charge is 0.123 e. The van der Waals surface area contributed by atoms with Crippen LogP contribution in [0.25, 0.3) is 11.3 Å². The number of hydrogen-bond donors (Lipinski definition) is 1. The van der Waals surface area contributed by atoms with Gasteiger partial charge in [-0.15, -0.1) is 0 Å². The molecule has 1 heterocycles. The van der Waals surface area contributed by atoms with Crippen molar-refractivity contribution in [2.45, 2.75) is 26.3 Å². The van der Waals surface area contributed by atoms with Gasteiger partial charge in [0.05, 0.1) is 11.7 Å². The summed E-state index contributed by atoms with van der Waals surface area (Å²) in [5.74, 6) is 0.345. The molecule has 4 heteroatoms. The highest BCUT2D eigenvalue weighted by Gasteiger charge is 2.11. The van der Waals surface area contributed by atoms with Crippen molar-refractivity contribution in [1.29, 1.82) is 0 Å². The average Bonchev–Trinajstić information content (AvgIpc) is 2.70. The molecule has 17 heavy (non-hydrogen) atoms. The number of halogens is 1. The molecule has 1 unspecified atom stereocenters. The fourth-order valence-corrected chi connectivity index (χ4v) is 1.72. The zero-order valence-corrected chi connectivity index (χ0v) is 10.0. The van der Waals surface area contributed by atoms with Crippen LogP contribution in [0.5, 0.6) is 0 Å². The molecule has 0 bridgehead atoms. The van der Waals surface area contributed by atoms with E-state index >= 15 is 0 Å². The van der Waals surface area contributed by atoms with E-state index in [1.807, 2.05) is 6.07 Å². The maximum absolute atomic E-state index is 13.1. The van der Waals surface area contributed by atoms with E-state index in [-0.39, 0.29) is 11.9 Å². The van der Waals surface area contributed by atoms with E-state index in [0.717, 1.165) is 12.0 Å². The molecule has 90 valence electrons. The maximum atomic E-state index is 13.1. The van der Waals surface area contributed by atoms with Crippen LogP contribution in [0, 0.1) is 5.82 Å². The Kier molecular flexibility index (Phi) is 3.13. The van der Waals surface area contributed by atoms with Gasteiger partial charge in [-0.05, 0) is 25.5 Å². The molecule has 0 saturated carbocycles. The molecule has 0 saturated heterocycles. The lowest BCUT2D eigenvalue weighted by Crippen LogP contribution is -2.08. The third-order valence-electron chi connectivity index (χ3n) is 2.89. The van der Waals surface area contributed by atoms with E-state index in [2.05, 4.69) is 18.9 Å². The molecule has 1 atom stereocenters. The van der Waals surface area contributed by atoms with Crippen molar-refractivity contribution in [1.82, 2.24) is 9.78 Å². The Bertz CT molecular complexity index is 519. The van der Waals surface area contributed by atoms with Crippen molar-refractivity contribution in [3.8, 4) is 11.3 Å². The highest BCUT2D eigenvalue weighted by Crippen LogP contribution is 2.24. The highest BCUT2D eigenvalue weighted by molar-refractivity contribution is 5.62. The molecule has 0 fully saturated rings. The predicted octanol–water partition coefficient (Wildman–Crippen LogP) is 3.24. The van der Waals surface area contributed by atoms with Crippen LogP contribution in [0.3, 0.4) is 0 Å². The van der Waals surface area contributed by atoms with Gasteiger partial charge in [-0.2, -0.15) is 5.10 Å². The van der Waals surface area contributed by atoms with Gasteiger partial charge in [-0.1, -0.05) is 19.1 Å². The first-order chi connectivity index (χ1) is 8.11. The Morgan fingerprint density at radius 2 is 2.18 bits per heavy atom. The lowest BCUT2D eigenvalue weighted by atomic mass is 10.1. The van der Waals surface area contributed by atoms with Crippen molar-refractivity contribution in [3.63, 3.8) is 0 Å². The topological polar surface area (TPSA) is 43.8 Å². The Morgan fingerprint density at radius 1 is 1.41 bits per heavy atom. The van der Waals surface area contributed by atoms with E-state index in [1.54, 1.807) is 16.8 Å². The minimum Gasteiger partial charge on any atom is -0.384 e. The van der Waals surface area contributed by atoms with Crippen LogP contribution >= 0.6 is 0 Å². The number of hydrogen-bond acceptors (Lipinski definition) is 2. The fourth-order valence-electron chi connectivity index (χ4n) is 1.72. The third-order valence-corrected chi connectivity index (χ3v) is 2.89. The normalized spacial score (nSPS) is 12.6. The average molecular weight is 233 g/mol. The molecule has 2 aromatic rings. The first kappa shape index (κ1) is 11.6. The molecule has 0 amide bonds. The Morgan fingerprint density at radius 3 is 2.82 bits per heavy atom. The minimum atomic E-state index is -0.265. The molecule has 0 aliphatic rings. The summed E-state index contributed by atoms with van der Waals surface area (Å²) in [6, 6.07) is 8.40. The summed E-state index contributed by atoms with van der Waals surface area (Å²) in [5.41, 5.74) is 7.36. The summed E-state index contributed by atoms with van der Waals surface area (Å²) < 4.78 is 14.9. The number of aromatic nitrogens is 2. The molecule has 1 aromatic carbocycles. The maximum Gasteiger partial charge on any atom is 0.123 e. The summed E-state index contributed by atoms with van der Waals surface area (Å²) in [6.45, 7) is 4.13. The third kappa shape index (κ3) is 2.30. The van der Waals surface area contributed by atoms with Crippen LogP contribution in [0.2, 0.25) is 0 Å². The second-order valence-corrected chi connectivity index (χ2v) is 4.17. The van der Waals surface area contributed by atoms with E-state index in [4.69, 9.17) is 5.73 Å². The fraction of sp³-hybridized carbons (Fsp3) is 0.308. The number of anilines is 1. The molecule has 0 spiro atoms. The molecule has 0 aliphatic carbocycles. The Balaban J connectivity index is 2.41. The van der Waals surface area contributed by atoms with Crippen molar-refractivity contribution in [3.05, 3.63) is 36.1 Å². The van der Waals surface area contributed by atoms with Crippen molar-refractivity contribution in [2.75, 3.05) is 5.73 Å². The molecular weight excluding hydrogens is 217 g/mol. The predicted molar refractivity (Wildman–Crippen MR) is 67.0 cm³/mol. The second kappa shape index (κ2) is 4.57. The molecule has 1 aromatic heterocycles. The van der Waals surface area contributed by atoms with Crippen LogP contribution in [0.15, 0.2) is 30.3 Å². The molecule has 0 radical (unpaired) electrons. The lowest BCUT2D eigenvalue weighted by Gasteiger charge is -2.10. The van der Waals surface area contributed by atoms with E-state index in [0.29, 0.717) is 11.5 Å². The summed E-state index contributed by atoms with van der Waals surface area (Å²) in [6.07, 6.45) is 0.953. The summed E-state index contributed by atoms with van der Waals surface area (Å²) in [4.78, 5) is 0. The van der Waals surface area contributed by atoms with Crippen molar-refractivity contribution < 1.29 is 4.39 Å². The molecule has 2 rings (SSSR count). The standard InChI is InChI=1S/C13H16FN3/c1-3-9(2)17-13(15)8-12(16-17)10-5-4-6-11(14)7-10/h4-9H,3,15H2,1-2H3. The van der Waals surface area contributed by atoms with Crippen LogP contribution < -0.4 is 5.73 Å². The number of nitrogens with two attached hydrogens (primary N) is 1. The van der Waals surface area contributed by atoms with Gasteiger partial charge in [0.2, 0.25) is 0 Å². The molecule has 2 N–H and O–H groups in total. The summed E-state index contributed by atoms with van der Waals surface area (Å²) in [7, 11) is 0. The van der Waals surface area contributed by atoms with Crippen LogP contribution in [0.1, 0.15) is 26.3 Å². The first-order valence-corrected chi connectivity index (χ1v) is 5.72. The first-order valence-electron chi connectivity index (χ1n) is 5.72. The lowest BCUT2D eigenvalue weighted by molar-refractivity contribution is 0.486. The minimum absolute atomic E-state index is 0.248. The SMILES string of the molecule is CCC(C)n1nc(-c2cccc(F)c2)cc1N. The van der Waals surface area contributed by atoms with Gasteiger partial charge in [-0.3, -0.25) is 0 Å². The van der Waals surface area contributed by atoms with Crippen molar-refractivity contribution >= 4 is 5.82 Å². The number of rotatable bonds is 3. The quantitative estimate of drug-likeness (QED) is 0.884. The van der Waals surface area contributed by atoms with Crippen LogP contribution in [0.4, 0.5) is 10.2 Å². The molecule has 3 nitrogen and oxygen atoms in total. The van der Waals surface area contributed by atoms with Crippen LogP contribution in [-0.2, 0) is 0 Å². The Hall–Kier alpha value is -1.84. The van der Waals surface area contributed by atoms with E-state index in [1.165, 1.54) is 12.1 Å². The van der Waals surface area contributed by atoms with E-state index in [9.17, 15) is 4.39 Å². The van der Waals surface area contributed by atoms with Gasteiger partial charge in [0.15, 0.2) is 0 Å². The van der Waals surface area contributed by atoms with Crippen LogP contribution in [-0.4, -0.2) is 9.78 Å². The van der Waals surface area contributed by atoms with Gasteiger partial charge < -0.3 is 5.73 Å². The summed E-state index contributed by atoms with van der Waals surface area (Å²) >= 11 is 0. The van der Waals surface area contributed by atoms with Gasteiger partial charge >= 0.3 is 0 Å². The number of nitrogen functional groups attached to an aromatic ring is 1. The number of nitrogens with zero attached hydrogens (tertiary/aromatic N) is 2. The van der Waals surface area contributed by atoms with Gasteiger partial charge in [-0.25, -0.2) is 9.07 Å². The highest BCUT2D eigenvalue weighted by atomic mass is 19.1. The second-order valence-electron chi connectivity index (χ2n) is 4.17. The monoisotopic (exact) mass is 233 g/mol. The van der Waals surface area contributed by atoms with Gasteiger partial charge in [0, 0.05) is 11.6 Å². The molecular formula is C13H16FN3. The van der Waals surface area contributed by atoms with E-state index < -0.39 is 0 Å². The zero-order chi connectivity index (χ0) is 12.4. The van der Waals surface area contributed by atoms with Gasteiger partial charge in [0.25, 0.3) is 0 Å². The Labute approximate surface area is 100 Å². The zero-order valence-electron chi connectivity index (χ0n) is 10.0. The summed E-state index contributed by atoms with van der Waals surface area (Å²) in [5, 5.41) is 4.42. The van der Waals surface area contributed by atoms with Crippen molar-refractivity contribution in [2.24, 2.45) is 0 Å². The largest absolute Gasteiger partial charge is 0.384 e. The molecule has 0 aliphatic heterocycles.